The van der Waals surface area contributed by atoms with Gasteiger partial charge in [-0.1, -0.05) is 26.0 Å². The zero-order valence-electron chi connectivity index (χ0n) is 17.7. The Morgan fingerprint density at radius 1 is 1.07 bits per heavy atom. The molecule has 0 fully saturated rings. The predicted molar refractivity (Wildman–Crippen MR) is 114 cm³/mol. The van der Waals surface area contributed by atoms with E-state index in [2.05, 4.69) is 24.5 Å². The summed E-state index contributed by atoms with van der Waals surface area (Å²) in [6.45, 7) is 6.75. The number of amides is 2. The zero-order valence-corrected chi connectivity index (χ0v) is 18.5. The lowest BCUT2D eigenvalue weighted by atomic mass is 10.0. The van der Waals surface area contributed by atoms with Gasteiger partial charge >= 0.3 is 5.97 Å². The first-order valence-corrected chi connectivity index (χ1v) is 10.8. The molecule has 1 aromatic carbocycles. The lowest BCUT2D eigenvalue weighted by Gasteiger charge is -2.15. The maximum Gasteiger partial charge on any atom is 0.339 e. The topological polar surface area (TPSA) is 93.7 Å². The van der Waals surface area contributed by atoms with E-state index in [1.165, 1.54) is 11.8 Å². The van der Waals surface area contributed by atoms with Crippen molar-refractivity contribution in [3.8, 4) is 0 Å². The number of rotatable bonds is 13. The Bertz CT molecular complexity index is 666. The fourth-order valence-corrected chi connectivity index (χ4v) is 3.30. The molecule has 0 saturated heterocycles. The second-order valence-electron chi connectivity index (χ2n) is 7.14. The second-order valence-corrected chi connectivity index (χ2v) is 8.16. The first-order chi connectivity index (χ1) is 13.8. The van der Waals surface area contributed by atoms with Crippen molar-refractivity contribution in [1.82, 2.24) is 10.6 Å². The number of hydrogen-bond acceptors (Lipinski definition) is 6. The van der Waals surface area contributed by atoms with Crippen LogP contribution in [0.15, 0.2) is 29.2 Å². The predicted octanol–water partition coefficient (Wildman–Crippen LogP) is 2.64. The van der Waals surface area contributed by atoms with Crippen molar-refractivity contribution in [3.63, 3.8) is 0 Å². The van der Waals surface area contributed by atoms with Gasteiger partial charge < -0.3 is 20.1 Å². The first-order valence-electron chi connectivity index (χ1n) is 9.77. The van der Waals surface area contributed by atoms with Gasteiger partial charge in [0.2, 0.25) is 5.91 Å². The minimum Gasteiger partial charge on any atom is -0.452 e. The molecule has 0 aliphatic rings. The summed E-state index contributed by atoms with van der Waals surface area (Å²) in [6, 6.07) is 6.90. The summed E-state index contributed by atoms with van der Waals surface area (Å²) in [4.78, 5) is 36.9. The third-order valence-electron chi connectivity index (χ3n) is 4.01. The fraction of sp³-hybridized carbons (Fsp3) is 0.571. The van der Waals surface area contributed by atoms with Gasteiger partial charge in [0.25, 0.3) is 5.91 Å². The van der Waals surface area contributed by atoms with Crippen LogP contribution in [0.5, 0.6) is 0 Å². The average Bonchev–Trinajstić information content (AvgIpc) is 2.69. The van der Waals surface area contributed by atoms with Crippen molar-refractivity contribution in [2.75, 3.05) is 32.6 Å². The SMILES string of the molecule is COCCNC(=O)CSc1ccccc1C(=O)OCC(=O)NC(C)CCC(C)C. The van der Waals surface area contributed by atoms with Crippen molar-refractivity contribution < 1.29 is 23.9 Å². The first kappa shape index (κ1) is 25.0. The third-order valence-corrected chi connectivity index (χ3v) is 5.09. The molecule has 7 nitrogen and oxygen atoms in total. The third kappa shape index (κ3) is 10.9. The van der Waals surface area contributed by atoms with Gasteiger partial charge in [-0.15, -0.1) is 11.8 Å². The Hall–Kier alpha value is -2.06. The highest BCUT2D eigenvalue weighted by Crippen LogP contribution is 2.23. The summed E-state index contributed by atoms with van der Waals surface area (Å²) in [7, 11) is 1.56. The largest absolute Gasteiger partial charge is 0.452 e. The Labute approximate surface area is 177 Å². The van der Waals surface area contributed by atoms with Crippen LogP contribution in [0.1, 0.15) is 44.0 Å². The van der Waals surface area contributed by atoms with Gasteiger partial charge in [0, 0.05) is 24.6 Å². The summed E-state index contributed by atoms with van der Waals surface area (Å²) >= 11 is 1.24. The van der Waals surface area contributed by atoms with E-state index in [0.29, 0.717) is 29.5 Å². The molecule has 29 heavy (non-hydrogen) atoms. The van der Waals surface area contributed by atoms with E-state index in [1.807, 2.05) is 6.92 Å². The van der Waals surface area contributed by atoms with Crippen LogP contribution in [-0.4, -0.2) is 56.4 Å². The lowest BCUT2D eigenvalue weighted by molar-refractivity contribution is -0.125. The molecule has 0 heterocycles. The standard InChI is InChI=1S/C21H32N2O5S/c1-15(2)9-10-16(3)23-19(24)13-28-21(26)17-7-5-6-8-18(17)29-14-20(25)22-11-12-27-4/h5-8,15-16H,9-14H2,1-4H3,(H,22,25)(H,23,24). The van der Waals surface area contributed by atoms with Gasteiger partial charge in [-0.3, -0.25) is 9.59 Å². The zero-order chi connectivity index (χ0) is 21.6. The molecule has 8 heteroatoms. The van der Waals surface area contributed by atoms with Crippen LogP contribution in [0, 0.1) is 5.92 Å². The monoisotopic (exact) mass is 424 g/mol. The smallest absolute Gasteiger partial charge is 0.339 e. The van der Waals surface area contributed by atoms with Crippen molar-refractivity contribution >= 4 is 29.5 Å². The molecule has 0 aliphatic heterocycles. The van der Waals surface area contributed by atoms with Crippen molar-refractivity contribution in [2.24, 2.45) is 5.92 Å². The molecule has 2 amide bonds. The average molecular weight is 425 g/mol. The molecule has 1 rings (SSSR count). The Kier molecular flexibility index (Phi) is 12.1. The molecular weight excluding hydrogens is 392 g/mol. The quantitative estimate of drug-likeness (QED) is 0.287. The maximum absolute atomic E-state index is 12.4. The molecule has 0 spiro atoms. The number of hydrogen-bond donors (Lipinski definition) is 2. The van der Waals surface area contributed by atoms with Crippen LogP contribution in [-0.2, 0) is 19.1 Å². The molecule has 2 N–H and O–H groups in total. The molecule has 162 valence electrons. The van der Waals surface area contributed by atoms with Gasteiger partial charge in [0.05, 0.1) is 17.9 Å². The molecule has 1 unspecified atom stereocenters. The van der Waals surface area contributed by atoms with Crippen LogP contribution in [0.4, 0.5) is 0 Å². The van der Waals surface area contributed by atoms with Gasteiger partial charge in [0.15, 0.2) is 6.61 Å². The van der Waals surface area contributed by atoms with Crippen molar-refractivity contribution in [3.05, 3.63) is 29.8 Å². The molecular formula is C21H32N2O5S. The highest BCUT2D eigenvalue weighted by Gasteiger charge is 2.16. The van der Waals surface area contributed by atoms with Gasteiger partial charge in [-0.2, -0.15) is 0 Å². The summed E-state index contributed by atoms with van der Waals surface area (Å²) in [5, 5.41) is 5.56. The van der Waals surface area contributed by atoms with Gasteiger partial charge in [-0.05, 0) is 37.8 Å². The van der Waals surface area contributed by atoms with E-state index in [0.717, 1.165) is 12.8 Å². The van der Waals surface area contributed by atoms with E-state index >= 15 is 0 Å². The highest BCUT2D eigenvalue weighted by atomic mass is 32.2. The molecule has 0 aliphatic carbocycles. The normalized spacial score (nSPS) is 11.8. The lowest BCUT2D eigenvalue weighted by Crippen LogP contribution is -2.36. The molecule has 0 radical (unpaired) electrons. The summed E-state index contributed by atoms with van der Waals surface area (Å²) < 4.78 is 10.0. The summed E-state index contributed by atoms with van der Waals surface area (Å²) in [6.07, 6.45) is 1.90. The van der Waals surface area contributed by atoms with Crippen LogP contribution in [0.3, 0.4) is 0 Å². The van der Waals surface area contributed by atoms with E-state index < -0.39 is 5.97 Å². The Morgan fingerprint density at radius 2 is 1.79 bits per heavy atom. The van der Waals surface area contributed by atoms with E-state index in [9.17, 15) is 14.4 Å². The molecule has 1 atom stereocenters. The van der Waals surface area contributed by atoms with E-state index in [4.69, 9.17) is 9.47 Å². The van der Waals surface area contributed by atoms with Gasteiger partial charge in [0.1, 0.15) is 0 Å². The number of esters is 1. The number of carbonyl (C=O) groups is 3. The molecule has 0 saturated carbocycles. The van der Waals surface area contributed by atoms with Crippen molar-refractivity contribution in [2.45, 2.75) is 44.6 Å². The van der Waals surface area contributed by atoms with Crippen LogP contribution in [0.2, 0.25) is 0 Å². The molecule has 0 aromatic heterocycles. The number of ether oxygens (including phenoxy) is 2. The second kappa shape index (κ2) is 14.0. The number of thioether (sulfide) groups is 1. The number of nitrogens with one attached hydrogen (secondary N) is 2. The Morgan fingerprint density at radius 3 is 2.48 bits per heavy atom. The number of carbonyl (C=O) groups excluding carboxylic acids is 3. The summed E-state index contributed by atoms with van der Waals surface area (Å²) in [5.74, 6) is -0.314. The minimum atomic E-state index is -0.585. The van der Waals surface area contributed by atoms with E-state index in [1.54, 1.807) is 31.4 Å². The fourth-order valence-electron chi connectivity index (χ4n) is 2.43. The molecule has 1 aromatic rings. The summed E-state index contributed by atoms with van der Waals surface area (Å²) in [5.41, 5.74) is 0.336. The van der Waals surface area contributed by atoms with E-state index in [-0.39, 0.29) is 30.2 Å². The maximum atomic E-state index is 12.4. The minimum absolute atomic E-state index is 0.0306. The van der Waals surface area contributed by atoms with Crippen molar-refractivity contribution in [1.29, 1.82) is 0 Å². The molecule has 0 bridgehead atoms. The highest BCUT2D eigenvalue weighted by molar-refractivity contribution is 8.00. The Balaban J connectivity index is 2.49. The van der Waals surface area contributed by atoms with Crippen LogP contribution >= 0.6 is 11.8 Å². The number of methoxy groups -OCH3 is 1. The van der Waals surface area contributed by atoms with Gasteiger partial charge in [-0.25, -0.2) is 4.79 Å². The van der Waals surface area contributed by atoms with Crippen LogP contribution in [0.25, 0.3) is 0 Å². The number of benzene rings is 1. The van der Waals surface area contributed by atoms with Crippen LogP contribution < -0.4 is 10.6 Å².